The van der Waals surface area contributed by atoms with Crippen LogP contribution in [0.5, 0.6) is 0 Å². The van der Waals surface area contributed by atoms with E-state index < -0.39 is 0 Å². The van der Waals surface area contributed by atoms with Crippen molar-refractivity contribution in [1.82, 2.24) is 0 Å². The van der Waals surface area contributed by atoms with E-state index in [0.717, 1.165) is 37.3 Å². The van der Waals surface area contributed by atoms with Crippen molar-refractivity contribution >= 4 is 5.69 Å². The number of unbranched alkanes of at least 4 members (excludes halogenated alkanes) is 2. The summed E-state index contributed by atoms with van der Waals surface area (Å²) in [7, 11) is 0. The van der Waals surface area contributed by atoms with Gasteiger partial charge in [0.2, 0.25) is 0 Å². The van der Waals surface area contributed by atoms with Crippen LogP contribution in [-0.2, 0) is 9.47 Å². The summed E-state index contributed by atoms with van der Waals surface area (Å²) in [5, 5.41) is 8.46. The van der Waals surface area contributed by atoms with Crippen molar-refractivity contribution in [1.29, 1.82) is 5.26 Å². The van der Waals surface area contributed by atoms with Crippen LogP contribution in [0.1, 0.15) is 82.8 Å². The molecule has 154 valence electrons. The standard InChI is InChI=1S/C16H28O2.C8H8N2/c1-3-4-5-6-14(2)13-16(17-11-12-18-16)10-9-15(14)7-8-15;1-6-4-7(5-9)2-3-8(6)10/h3-13H2,1-2H3;2-4H,10H2,1H3. The minimum atomic E-state index is -0.200. The first-order valence-electron chi connectivity index (χ1n) is 10.9. The Balaban J connectivity index is 0.000000192. The average Bonchev–Trinajstić information content (AvgIpc) is 3.36. The Kier molecular flexibility index (Phi) is 6.37. The number of rotatable bonds is 4. The highest BCUT2D eigenvalue weighted by atomic mass is 16.7. The van der Waals surface area contributed by atoms with E-state index in [4.69, 9.17) is 20.5 Å². The van der Waals surface area contributed by atoms with Crippen LogP contribution in [0.2, 0.25) is 0 Å². The Bertz CT molecular complexity index is 714. The summed E-state index contributed by atoms with van der Waals surface area (Å²) in [5.74, 6) is -0.200. The van der Waals surface area contributed by atoms with Crippen molar-refractivity contribution in [3.8, 4) is 6.07 Å². The Hall–Kier alpha value is -1.57. The van der Waals surface area contributed by atoms with E-state index in [-0.39, 0.29) is 5.79 Å². The summed E-state index contributed by atoms with van der Waals surface area (Å²) in [6.45, 7) is 8.30. The number of nitriles is 1. The van der Waals surface area contributed by atoms with E-state index in [1.54, 1.807) is 18.2 Å². The first-order chi connectivity index (χ1) is 13.4. The summed E-state index contributed by atoms with van der Waals surface area (Å²) in [6, 6.07) is 7.27. The number of nitrogens with two attached hydrogens (primary N) is 1. The second kappa shape index (κ2) is 8.43. The van der Waals surface area contributed by atoms with Crippen molar-refractivity contribution in [3.63, 3.8) is 0 Å². The Morgan fingerprint density at radius 1 is 1.11 bits per heavy atom. The van der Waals surface area contributed by atoms with Crippen molar-refractivity contribution < 1.29 is 9.47 Å². The maximum Gasteiger partial charge on any atom is 0.169 e. The van der Waals surface area contributed by atoms with Gasteiger partial charge >= 0.3 is 0 Å². The van der Waals surface area contributed by atoms with Gasteiger partial charge in [-0.3, -0.25) is 0 Å². The number of benzene rings is 1. The number of nitrogens with zero attached hydrogens (tertiary/aromatic N) is 1. The zero-order valence-corrected chi connectivity index (χ0v) is 17.9. The van der Waals surface area contributed by atoms with Crippen LogP contribution in [0.15, 0.2) is 18.2 Å². The van der Waals surface area contributed by atoms with Gasteiger partial charge in [-0.2, -0.15) is 5.26 Å². The summed E-state index contributed by atoms with van der Waals surface area (Å²) >= 11 is 0. The predicted octanol–water partition coefficient (Wildman–Crippen LogP) is 5.73. The molecular formula is C24H36N2O2. The lowest BCUT2D eigenvalue weighted by Crippen LogP contribution is -2.47. The molecule has 4 nitrogen and oxygen atoms in total. The zero-order chi connectivity index (χ0) is 20.3. The number of hydrogen-bond acceptors (Lipinski definition) is 4. The highest BCUT2D eigenvalue weighted by molar-refractivity contribution is 5.50. The molecule has 0 radical (unpaired) electrons. The van der Waals surface area contributed by atoms with Gasteiger partial charge in [0.1, 0.15) is 0 Å². The van der Waals surface area contributed by atoms with E-state index in [2.05, 4.69) is 13.8 Å². The van der Waals surface area contributed by atoms with E-state index in [9.17, 15) is 0 Å². The van der Waals surface area contributed by atoms with Crippen molar-refractivity contribution in [3.05, 3.63) is 29.3 Å². The van der Waals surface area contributed by atoms with Gasteiger partial charge in [0.15, 0.2) is 5.79 Å². The molecule has 1 heterocycles. The molecule has 4 heteroatoms. The van der Waals surface area contributed by atoms with Crippen LogP contribution in [0, 0.1) is 29.1 Å². The SMILES string of the molecule is CCCCCC1(C)CC2(CCC13CC3)OCCO2.Cc1cc(C#N)ccc1N. The summed E-state index contributed by atoms with van der Waals surface area (Å²) in [5.41, 5.74) is 9.00. The fraction of sp³-hybridized carbons (Fsp3) is 0.708. The molecule has 3 fully saturated rings. The maximum atomic E-state index is 8.46. The normalized spacial score (nSPS) is 26.5. The Morgan fingerprint density at radius 3 is 2.36 bits per heavy atom. The van der Waals surface area contributed by atoms with Gasteiger partial charge in [0.25, 0.3) is 0 Å². The number of nitrogen functional groups attached to an aromatic ring is 1. The molecule has 0 aromatic heterocycles. The first kappa shape index (κ1) is 21.1. The Labute approximate surface area is 170 Å². The van der Waals surface area contributed by atoms with Gasteiger partial charge in [-0.05, 0) is 67.2 Å². The van der Waals surface area contributed by atoms with Crippen LogP contribution in [0.25, 0.3) is 0 Å². The number of hydrogen-bond donors (Lipinski definition) is 1. The predicted molar refractivity (Wildman–Crippen MR) is 113 cm³/mol. The lowest BCUT2D eigenvalue weighted by molar-refractivity contribution is -0.216. The molecule has 1 unspecified atom stereocenters. The number of anilines is 1. The van der Waals surface area contributed by atoms with Gasteiger partial charge in [0.05, 0.1) is 24.8 Å². The molecule has 1 aromatic rings. The van der Waals surface area contributed by atoms with Crippen LogP contribution in [0.3, 0.4) is 0 Å². The van der Waals surface area contributed by atoms with Crippen LogP contribution in [0.4, 0.5) is 5.69 Å². The third-order valence-electron chi connectivity index (χ3n) is 7.32. The molecule has 2 saturated carbocycles. The molecule has 28 heavy (non-hydrogen) atoms. The highest BCUT2D eigenvalue weighted by Crippen LogP contribution is 2.69. The van der Waals surface area contributed by atoms with Crippen molar-refractivity contribution in [2.45, 2.75) is 84.3 Å². The molecular weight excluding hydrogens is 348 g/mol. The minimum absolute atomic E-state index is 0.200. The molecule has 4 rings (SSSR count). The highest BCUT2D eigenvalue weighted by Gasteiger charge is 2.62. The summed E-state index contributed by atoms with van der Waals surface area (Å²) < 4.78 is 12.0. The largest absolute Gasteiger partial charge is 0.399 e. The topological polar surface area (TPSA) is 68.3 Å². The smallest absolute Gasteiger partial charge is 0.169 e. The third kappa shape index (κ3) is 4.36. The molecule has 2 N–H and O–H groups in total. The molecule has 1 aliphatic heterocycles. The molecule has 2 aliphatic carbocycles. The molecule has 0 bridgehead atoms. The fourth-order valence-corrected chi connectivity index (χ4v) is 5.21. The second-order valence-corrected chi connectivity index (χ2v) is 9.27. The Morgan fingerprint density at radius 2 is 1.79 bits per heavy atom. The number of aryl methyl sites for hydroxylation is 1. The molecule has 1 aromatic carbocycles. The van der Waals surface area contributed by atoms with Crippen molar-refractivity contribution in [2.75, 3.05) is 18.9 Å². The van der Waals surface area contributed by atoms with E-state index >= 15 is 0 Å². The quantitative estimate of drug-likeness (QED) is 0.532. The van der Waals surface area contributed by atoms with Crippen LogP contribution >= 0.6 is 0 Å². The fourth-order valence-electron chi connectivity index (χ4n) is 5.21. The van der Waals surface area contributed by atoms with Crippen molar-refractivity contribution in [2.24, 2.45) is 10.8 Å². The third-order valence-corrected chi connectivity index (χ3v) is 7.32. The first-order valence-corrected chi connectivity index (χ1v) is 10.9. The molecule has 1 atom stereocenters. The van der Waals surface area contributed by atoms with Crippen LogP contribution < -0.4 is 5.73 Å². The summed E-state index contributed by atoms with van der Waals surface area (Å²) in [4.78, 5) is 0. The zero-order valence-electron chi connectivity index (χ0n) is 17.9. The van der Waals surface area contributed by atoms with Gasteiger partial charge in [0, 0.05) is 18.5 Å². The lowest BCUT2D eigenvalue weighted by Gasteiger charge is -2.49. The summed E-state index contributed by atoms with van der Waals surface area (Å²) in [6.07, 6.45) is 12.0. The molecule has 0 amide bonds. The lowest BCUT2D eigenvalue weighted by atomic mass is 9.60. The molecule has 3 aliphatic rings. The maximum absolute atomic E-state index is 8.46. The van der Waals surface area contributed by atoms with E-state index in [1.807, 2.05) is 13.0 Å². The minimum Gasteiger partial charge on any atom is -0.399 e. The van der Waals surface area contributed by atoms with Gasteiger partial charge in [-0.25, -0.2) is 0 Å². The van der Waals surface area contributed by atoms with Gasteiger partial charge in [-0.15, -0.1) is 0 Å². The van der Waals surface area contributed by atoms with Gasteiger partial charge < -0.3 is 15.2 Å². The van der Waals surface area contributed by atoms with E-state index in [1.165, 1.54) is 44.9 Å². The van der Waals surface area contributed by atoms with Crippen LogP contribution in [-0.4, -0.2) is 19.0 Å². The molecule has 2 spiro atoms. The molecule has 1 saturated heterocycles. The monoisotopic (exact) mass is 384 g/mol. The number of ether oxygens (including phenoxy) is 2. The second-order valence-electron chi connectivity index (χ2n) is 9.27. The van der Waals surface area contributed by atoms with Gasteiger partial charge in [-0.1, -0.05) is 33.1 Å². The van der Waals surface area contributed by atoms with E-state index in [0.29, 0.717) is 16.4 Å². The average molecular weight is 385 g/mol.